The minimum atomic E-state index is -2.72. The lowest BCUT2D eigenvalue weighted by molar-refractivity contribution is -0.180. The molecule has 0 fully saturated rings. The van der Waals surface area contributed by atoms with E-state index in [0.29, 0.717) is 0 Å². The normalized spacial score (nSPS) is 15.2. The first-order chi connectivity index (χ1) is 5.31. The third-order valence-corrected chi connectivity index (χ3v) is 1.09. The SMILES string of the molecule is CC(COC(C)(C)C)OC(F)F. The van der Waals surface area contributed by atoms with Crippen LogP contribution < -0.4 is 0 Å². The van der Waals surface area contributed by atoms with E-state index in [2.05, 4.69) is 4.74 Å². The van der Waals surface area contributed by atoms with E-state index in [-0.39, 0.29) is 12.2 Å². The highest BCUT2D eigenvalue weighted by Gasteiger charge is 2.15. The molecule has 2 nitrogen and oxygen atoms in total. The largest absolute Gasteiger partial charge is 0.373 e. The van der Waals surface area contributed by atoms with Crippen LogP contribution in [0.15, 0.2) is 0 Å². The molecule has 74 valence electrons. The lowest BCUT2D eigenvalue weighted by atomic mass is 10.2. The topological polar surface area (TPSA) is 18.5 Å². The molecule has 0 aromatic rings. The fourth-order valence-electron chi connectivity index (χ4n) is 0.582. The first kappa shape index (κ1) is 11.8. The molecule has 0 aliphatic carbocycles. The van der Waals surface area contributed by atoms with Crippen molar-refractivity contribution in [1.82, 2.24) is 0 Å². The second-order valence-corrected chi connectivity index (χ2v) is 3.63. The molecule has 0 spiro atoms. The molecule has 0 saturated carbocycles. The fourth-order valence-corrected chi connectivity index (χ4v) is 0.582. The predicted molar refractivity (Wildman–Crippen MR) is 42.3 cm³/mol. The van der Waals surface area contributed by atoms with Crippen molar-refractivity contribution in [2.75, 3.05) is 6.61 Å². The number of rotatable bonds is 4. The Hall–Kier alpha value is -0.220. The Morgan fingerprint density at radius 1 is 1.25 bits per heavy atom. The summed E-state index contributed by atoms with van der Waals surface area (Å²) in [7, 11) is 0. The molecule has 0 aromatic heterocycles. The van der Waals surface area contributed by atoms with Gasteiger partial charge in [0.25, 0.3) is 0 Å². The van der Waals surface area contributed by atoms with Gasteiger partial charge < -0.3 is 9.47 Å². The molecule has 0 aliphatic heterocycles. The highest BCUT2D eigenvalue weighted by molar-refractivity contribution is 4.60. The van der Waals surface area contributed by atoms with Gasteiger partial charge in [0.1, 0.15) is 0 Å². The van der Waals surface area contributed by atoms with Crippen molar-refractivity contribution in [3.63, 3.8) is 0 Å². The maximum Gasteiger partial charge on any atom is 0.345 e. The summed E-state index contributed by atoms with van der Waals surface area (Å²) in [5, 5.41) is 0. The van der Waals surface area contributed by atoms with Gasteiger partial charge in [-0.05, 0) is 27.7 Å². The van der Waals surface area contributed by atoms with Gasteiger partial charge in [0, 0.05) is 0 Å². The first-order valence-electron chi connectivity index (χ1n) is 3.89. The van der Waals surface area contributed by atoms with Crippen LogP contribution in [0.2, 0.25) is 0 Å². The van der Waals surface area contributed by atoms with Crippen molar-refractivity contribution >= 4 is 0 Å². The van der Waals surface area contributed by atoms with Crippen LogP contribution >= 0.6 is 0 Å². The Morgan fingerprint density at radius 3 is 2.08 bits per heavy atom. The van der Waals surface area contributed by atoms with Crippen LogP contribution in [-0.4, -0.2) is 24.9 Å². The molecule has 0 heterocycles. The molecule has 0 saturated heterocycles. The second kappa shape index (κ2) is 4.72. The van der Waals surface area contributed by atoms with Crippen LogP contribution in [0, 0.1) is 0 Å². The van der Waals surface area contributed by atoms with Gasteiger partial charge in [-0.3, -0.25) is 0 Å². The zero-order valence-electron chi connectivity index (χ0n) is 7.93. The van der Waals surface area contributed by atoms with E-state index in [1.165, 1.54) is 0 Å². The molecule has 0 radical (unpaired) electrons. The third kappa shape index (κ3) is 7.88. The lowest BCUT2D eigenvalue weighted by Crippen LogP contribution is -2.27. The van der Waals surface area contributed by atoms with Crippen molar-refractivity contribution in [3.8, 4) is 0 Å². The van der Waals surface area contributed by atoms with Gasteiger partial charge in [-0.15, -0.1) is 0 Å². The van der Waals surface area contributed by atoms with Crippen molar-refractivity contribution in [3.05, 3.63) is 0 Å². The van der Waals surface area contributed by atoms with Crippen LogP contribution in [0.1, 0.15) is 27.7 Å². The molecule has 0 aromatic carbocycles. The molecular weight excluding hydrogens is 166 g/mol. The van der Waals surface area contributed by atoms with Crippen LogP contribution in [0.25, 0.3) is 0 Å². The summed E-state index contributed by atoms with van der Waals surface area (Å²) in [4.78, 5) is 0. The monoisotopic (exact) mass is 182 g/mol. The van der Waals surface area contributed by atoms with Crippen molar-refractivity contribution in [1.29, 1.82) is 0 Å². The minimum Gasteiger partial charge on any atom is -0.373 e. The van der Waals surface area contributed by atoms with E-state index in [1.54, 1.807) is 6.92 Å². The Bertz CT molecular complexity index is 121. The Balaban J connectivity index is 3.51. The molecule has 1 unspecified atom stereocenters. The van der Waals surface area contributed by atoms with Gasteiger partial charge in [-0.25, -0.2) is 0 Å². The van der Waals surface area contributed by atoms with Gasteiger partial charge in [-0.1, -0.05) is 0 Å². The van der Waals surface area contributed by atoms with Crippen LogP contribution in [0.5, 0.6) is 0 Å². The van der Waals surface area contributed by atoms with Gasteiger partial charge in [0.05, 0.1) is 18.3 Å². The lowest BCUT2D eigenvalue weighted by Gasteiger charge is -2.22. The number of halogens is 2. The summed E-state index contributed by atoms with van der Waals surface area (Å²) in [6, 6.07) is 0. The van der Waals surface area contributed by atoms with E-state index in [9.17, 15) is 8.78 Å². The van der Waals surface area contributed by atoms with Crippen molar-refractivity contribution in [2.24, 2.45) is 0 Å². The Kier molecular flexibility index (Phi) is 4.63. The molecule has 0 rings (SSSR count). The number of alkyl halides is 2. The van der Waals surface area contributed by atoms with Gasteiger partial charge in [-0.2, -0.15) is 8.78 Å². The molecule has 1 atom stereocenters. The Morgan fingerprint density at radius 2 is 1.75 bits per heavy atom. The van der Waals surface area contributed by atoms with Crippen molar-refractivity contribution < 1.29 is 18.3 Å². The quantitative estimate of drug-likeness (QED) is 0.664. The van der Waals surface area contributed by atoms with E-state index in [1.807, 2.05) is 20.8 Å². The van der Waals surface area contributed by atoms with E-state index >= 15 is 0 Å². The summed E-state index contributed by atoms with van der Waals surface area (Å²) in [6.07, 6.45) is -0.566. The van der Waals surface area contributed by atoms with E-state index in [0.717, 1.165) is 0 Å². The molecule has 12 heavy (non-hydrogen) atoms. The summed E-state index contributed by atoms with van der Waals surface area (Å²) >= 11 is 0. The second-order valence-electron chi connectivity index (χ2n) is 3.63. The third-order valence-electron chi connectivity index (χ3n) is 1.09. The summed E-state index contributed by atoms with van der Waals surface area (Å²) in [5.41, 5.74) is -0.306. The van der Waals surface area contributed by atoms with Gasteiger partial charge in [0.15, 0.2) is 0 Å². The standard InChI is InChI=1S/C8H16F2O2/c1-6(12-7(9)10)5-11-8(2,3)4/h6-7H,5H2,1-4H3. The van der Waals surface area contributed by atoms with Crippen LogP contribution in [-0.2, 0) is 9.47 Å². The zero-order valence-corrected chi connectivity index (χ0v) is 7.93. The maximum atomic E-state index is 11.6. The Labute approximate surface area is 71.9 Å². The molecule has 4 heteroatoms. The summed E-state index contributed by atoms with van der Waals surface area (Å²) < 4.78 is 32.7. The maximum absolute atomic E-state index is 11.6. The van der Waals surface area contributed by atoms with Crippen LogP contribution in [0.3, 0.4) is 0 Å². The highest BCUT2D eigenvalue weighted by Crippen LogP contribution is 2.09. The fraction of sp³-hybridized carbons (Fsp3) is 1.00. The van der Waals surface area contributed by atoms with E-state index in [4.69, 9.17) is 4.74 Å². The van der Waals surface area contributed by atoms with Gasteiger partial charge >= 0.3 is 6.61 Å². The number of hydrogen-bond acceptors (Lipinski definition) is 2. The first-order valence-corrected chi connectivity index (χ1v) is 3.89. The molecule has 0 aliphatic rings. The number of ether oxygens (including phenoxy) is 2. The minimum absolute atomic E-state index is 0.188. The molecule has 0 amide bonds. The van der Waals surface area contributed by atoms with E-state index < -0.39 is 12.7 Å². The molecular formula is C8H16F2O2. The smallest absolute Gasteiger partial charge is 0.345 e. The zero-order chi connectivity index (χ0) is 9.78. The average molecular weight is 182 g/mol. The summed E-state index contributed by atoms with van der Waals surface area (Å²) in [5.74, 6) is 0. The van der Waals surface area contributed by atoms with Crippen LogP contribution in [0.4, 0.5) is 8.78 Å². The van der Waals surface area contributed by atoms with Crippen molar-refractivity contribution in [2.45, 2.75) is 46.0 Å². The molecule has 0 N–H and O–H groups in total. The number of hydrogen-bond donors (Lipinski definition) is 0. The predicted octanol–water partition coefficient (Wildman–Crippen LogP) is 2.43. The van der Waals surface area contributed by atoms with Gasteiger partial charge in [0.2, 0.25) is 0 Å². The highest BCUT2D eigenvalue weighted by atomic mass is 19.3. The molecule has 0 bridgehead atoms. The average Bonchev–Trinajstić information content (AvgIpc) is 1.80. The summed E-state index contributed by atoms with van der Waals surface area (Å²) in [6.45, 7) is 4.61.